The van der Waals surface area contributed by atoms with Crippen LogP contribution < -0.4 is 0 Å². The van der Waals surface area contributed by atoms with E-state index in [2.05, 4.69) is 4.74 Å². The number of halogens is 3. The second-order valence-electron chi connectivity index (χ2n) is 5.26. The van der Waals surface area contributed by atoms with Crippen LogP contribution in [0.25, 0.3) is 5.57 Å². The summed E-state index contributed by atoms with van der Waals surface area (Å²) in [6.45, 7) is 0. The lowest BCUT2D eigenvalue weighted by Crippen LogP contribution is -2.08. The molecular formula is C18H13F3O2. The molecule has 0 fully saturated rings. The Kier molecular flexibility index (Phi) is 3.94. The van der Waals surface area contributed by atoms with Crippen molar-refractivity contribution in [3.63, 3.8) is 0 Å². The van der Waals surface area contributed by atoms with Gasteiger partial charge in [0.05, 0.1) is 18.2 Å². The number of allylic oxidation sites excluding steroid dienone is 1. The minimum absolute atomic E-state index is 0.283. The number of carbonyl (C=O) groups excluding carboxylic acids is 1. The fraction of sp³-hybridized carbons (Fsp3) is 0.167. The van der Waals surface area contributed by atoms with Gasteiger partial charge in [0.15, 0.2) is 0 Å². The van der Waals surface area contributed by atoms with Crippen molar-refractivity contribution in [2.45, 2.75) is 12.8 Å². The number of fused-ring (bicyclic) bond motifs is 1. The molecule has 0 saturated carbocycles. The van der Waals surface area contributed by atoms with Gasteiger partial charge in [-0.2, -0.15) is 0 Å². The van der Waals surface area contributed by atoms with Gasteiger partial charge in [-0.1, -0.05) is 12.1 Å². The van der Waals surface area contributed by atoms with Gasteiger partial charge >= 0.3 is 5.97 Å². The quantitative estimate of drug-likeness (QED) is 0.773. The summed E-state index contributed by atoms with van der Waals surface area (Å²) in [4.78, 5) is 11.7. The van der Waals surface area contributed by atoms with Gasteiger partial charge in [-0.3, -0.25) is 0 Å². The SMILES string of the molecule is COC(=O)c1ccc2c(c1)C(c1c(F)cc(F)cc1F)=CCC2. The molecular weight excluding hydrogens is 305 g/mol. The highest BCUT2D eigenvalue weighted by molar-refractivity contribution is 5.92. The van der Waals surface area contributed by atoms with Gasteiger partial charge < -0.3 is 4.74 Å². The van der Waals surface area contributed by atoms with Crippen LogP contribution in [0, 0.1) is 17.5 Å². The Morgan fingerprint density at radius 2 is 1.78 bits per heavy atom. The van der Waals surface area contributed by atoms with Crippen molar-refractivity contribution in [2.75, 3.05) is 7.11 Å². The monoisotopic (exact) mass is 318 g/mol. The second-order valence-corrected chi connectivity index (χ2v) is 5.26. The van der Waals surface area contributed by atoms with Crippen molar-refractivity contribution in [3.8, 4) is 0 Å². The van der Waals surface area contributed by atoms with E-state index in [1.54, 1.807) is 24.3 Å². The number of carbonyl (C=O) groups is 1. The molecule has 3 rings (SSSR count). The number of rotatable bonds is 2. The summed E-state index contributed by atoms with van der Waals surface area (Å²) in [5.74, 6) is -3.43. The van der Waals surface area contributed by atoms with Crippen LogP contribution in [0.4, 0.5) is 13.2 Å². The fourth-order valence-corrected chi connectivity index (χ4v) is 2.81. The van der Waals surface area contributed by atoms with Gasteiger partial charge in [-0.25, -0.2) is 18.0 Å². The van der Waals surface area contributed by atoms with Crippen LogP contribution in [0.15, 0.2) is 36.4 Å². The van der Waals surface area contributed by atoms with E-state index in [1.807, 2.05) is 0 Å². The minimum atomic E-state index is -0.969. The molecule has 0 aliphatic heterocycles. The Labute approximate surface area is 131 Å². The second kappa shape index (κ2) is 5.91. The molecule has 0 heterocycles. The highest BCUT2D eigenvalue weighted by Crippen LogP contribution is 2.35. The zero-order valence-corrected chi connectivity index (χ0v) is 12.3. The maximum absolute atomic E-state index is 14.1. The first-order chi connectivity index (χ1) is 11.0. The molecule has 0 saturated heterocycles. The summed E-state index contributed by atoms with van der Waals surface area (Å²) >= 11 is 0. The van der Waals surface area contributed by atoms with Crippen molar-refractivity contribution in [2.24, 2.45) is 0 Å². The summed E-state index contributed by atoms with van der Waals surface area (Å²) in [6, 6.07) is 6.21. The first kappa shape index (κ1) is 15.3. The van der Waals surface area contributed by atoms with E-state index in [9.17, 15) is 18.0 Å². The van der Waals surface area contributed by atoms with E-state index in [0.29, 0.717) is 41.7 Å². The molecule has 0 radical (unpaired) electrons. The lowest BCUT2D eigenvalue weighted by Gasteiger charge is -2.20. The number of benzene rings is 2. The van der Waals surface area contributed by atoms with Crippen LogP contribution in [0.3, 0.4) is 0 Å². The molecule has 23 heavy (non-hydrogen) atoms. The number of aryl methyl sites for hydroxylation is 1. The summed E-state index contributed by atoms with van der Waals surface area (Å²) < 4.78 is 46.0. The third-order valence-corrected chi connectivity index (χ3v) is 3.86. The highest BCUT2D eigenvalue weighted by Gasteiger charge is 2.22. The van der Waals surface area contributed by atoms with Gasteiger partial charge in [0.1, 0.15) is 17.5 Å². The fourth-order valence-electron chi connectivity index (χ4n) is 2.81. The molecule has 0 atom stereocenters. The third-order valence-electron chi connectivity index (χ3n) is 3.86. The molecule has 0 aromatic heterocycles. The molecule has 1 aliphatic carbocycles. The largest absolute Gasteiger partial charge is 0.465 e. The average Bonchev–Trinajstić information content (AvgIpc) is 2.53. The maximum atomic E-state index is 14.1. The van der Waals surface area contributed by atoms with Crippen molar-refractivity contribution in [1.29, 1.82) is 0 Å². The van der Waals surface area contributed by atoms with Crippen LogP contribution in [-0.2, 0) is 11.2 Å². The molecule has 0 spiro atoms. The van der Waals surface area contributed by atoms with E-state index in [1.165, 1.54) is 7.11 Å². The number of hydrogen-bond acceptors (Lipinski definition) is 2. The van der Waals surface area contributed by atoms with E-state index >= 15 is 0 Å². The van der Waals surface area contributed by atoms with Crippen molar-refractivity contribution < 1.29 is 22.7 Å². The molecule has 2 aromatic carbocycles. The van der Waals surface area contributed by atoms with Crippen LogP contribution in [0.1, 0.15) is 33.5 Å². The number of methoxy groups -OCH3 is 1. The van der Waals surface area contributed by atoms with Crippen LogP contribution in [0.2, 0.25) is 0 Å². The number of esters is 1. The topological polar surface area (TPSA) is 26.3 Å². The molecule has 0 bridgehead atoms. The van der Waals surface area contributed by atoms with Gasteiger partial charge in [-0.05, 0) is 41.7 Å². The third kappa shape index (κ3) is 2.74. The molecule has 0 amide bonds. The lowest BCUT2D eigenvalue weighted by atomic mass is 9.85. The molecule has 5 heteroatoms. The van der Waals surface area contributed by atoms with E-state index < -0.39 is 23.4 Å². The summed E-state index contributed by atoms with van der Waals surface area (Å²) in [6.07, 6.45) is 3.00. The van der Waals surface area contributed by atoms with Crippen molar-refractivity contribution in [3.05, 3.63) is 76.1 Å². The van der Waals surface area contributed by atoms with Gasteiger partial charge in [0, 0.05) is 12.1 Å². The maximum Gasteiger partial charge on any atom is 0.337 e. The first-order valence-corrected chi connectivity index (χ1v) is 7.08. The van der Waals surface area contributed by atoms with Crippen molar-refractivity contribution in [1.82, 2.24) is 0 Å². The summed E-state index contributed by atoms with van der Waals surface area (Å²) in [7, 11) is 1.26. The number of hydrogen-bond donors (Lipinski definition) is 0. The smallest absolute Gasteiger partial charge is 0.337 e. The van der Waals surface area contributed by atoms with Gasteiger partial charge in [-0.15, -0.1) is 0 Å². The Morgan fingerprint density at radius 3 is 2.43 bits per heavy atom. The minimum Gasteiger partial charge on any atom is -0.465 e. The molecule has 0 unspecified atom stereocenters. The zero-order valence-electron chi connectivity index (χ0n) is 12.3. The Hall–Kier alpha value is -2.56. The van der Waals surface area contributed by atoms with Crippen LogP contribution in [-0.4, -0.2) is 13.1 Å². The van der Waals surface area contributed by atoms with E-state index in [-0.39, 0.29) is 5.56 Å². The summed E-state index contributed by atoms with van der Waals surface area (Å²) in [5.41, 5.74) is 1.77. The first-order valence-electron chi connectivity index (χ1n) is 7.08. The van der Waals surface area contributed by atoms with Crippen LogP contribution in [0.5, 0.6) is 0 Å². The highest BCUT2D eigenvalue weighted by atomic mass is 19.1. The van der Waals surface area contributed by atoms with Crippen LogP contribution >= 0.6 is 0 Å². The molecule has 2 nitrogen and oxygen atoms in total. The van der Waals surface area contributed by atoms with Gasteiger partial charge in [0.25, 0.3) is 0 Å². The number of ether oxygens (including phenoxy) is 1. The van der Waals surface area contributed by atoms with E-state index in [4.69, 9.17) is 0 Å². The molecule has 2 aromatic rings. The molecule has 0 N–H and O–H groups in total. The van der Waals surface area contributed by atoms with Gasteiger partial charge in [0.2, 0.25) is 0 Å². The zero-order chi connectivity index (χ0) is 16.6. The summed E-state index contributed by atoms with van der Waals surface area (Å²) in [5, 5.41) is 0. The predicted octanol–water partition coefficient (Wildman–Crippen LogP) is 4.27. The lowest BCUT2D eigenvalue weighted by molar-refractivity contribution is 0.0600. The van der Waals surface area contributed by atoms with Crippen molar-refractivity contribution >= 4 is 11.5 Å². The predicted molar refractivity (Wildman–Crippen MR) is 79.5 cm³/mol. The average molecular weight is 318 g/mol. The molecule has 118 valence electrons. The van der Waals surface area contributed by atoms with E-state index in [0.717, 1.165) is 5.56 Å². The standard InChI is InChI=1S/C18H13F3O2/c1-23-18(22)11-6-5-10-3-2-4-13(14(10)7-11)17-15(20)8-12(19)9-16(17)21/h4-9H,2-3H2,1H3. The Bertz CT molecular complexity index is 802. The Balaban J connectivity index is 2.17. The normalized spacial score (nSPS) is 13.3. The molecule has 1 aliphatic rings. The Morgan fingerprint density at radius 1 is 1.09 bits per heavy atom.